The lowest BCUT2D eigenvalue weighted by Crippen LogP contribution is -2.33. The Morgan fingerprint density at radius 1 is 1.11 bits per heavy atom. The van der Waals surface area contributed by atoms with Crippen LogP contribution in [-0.2, 0) is 11.9 Å². The molecule has 0 radical (unpaired) electrons. The third kappa shape index (κ3) is 6.22. The van der Waals surface area contributed by atoms with Crippen LogP contribution < -0.4 is 5.32 Å². The number of aromatic nitrogens is 5. The second-order valence-corrected chi connectivity index (χ2v) is 10.5. The van der Waals surface area contributed by atoms with E-state index >= 15 is 0 Å². The number of nitrogens with one attached hydrogen (secondary N) is 1. The Hall–Kier alpha value is -3.29. The average Bonchev–Trinajstić information content (AvgIpc) is 3.69. The number of hydrogen-bond acceptors (Lipinski definition) is 8. The highest BCUT2D eigenvalue weighted by atomic mass is 32.2. The maximum Gasteiger partial charge on any atom is 0.416 e. The lowest BCUT2D eigenvalue weighted by atomic mass is 10.2. The Balaban J connectivity index is 1.32. The molecule has 1 N–H and O–H groups in total. The quantitative estimate of drug-likeness (QED) is 0.291. The summed E-state index contributed by atoms with van der Waals surface area (Å²) >= 11 is 2.63. The highest BCUT2D eigenvalue weighted by Crippen LogP contribution is 2.34. The molecule has 198 valence electrons. The molecule has 0 aliphatic carbocycles. The van der Waals surface area contributed by atoms with E-state index in [0.29, 0.717) is 39.5 Å². The number of thioether (sulfide) groups is 1. The Morgan fingerprint density at radius 2 is 1.89 bits per heavy atom. The lowest BCUT2D eigenvalue weighted by molar-refractivity contribution is -0.137. The summed E-state index contributed by atoms with van der Waals surface area (Å²) in [6.45, 7) is 3.53. The molecule has 0 bridgehead atoms. The van der Waals surface area contributed by atoms with Crippen molar-refractivity contribution in [3.63, 3.8) is 0 Å². The number of nitrogens with zero attached hydrogens (tertiary/aromatic N) is 6. The van der Waals surface area contributed by atoms with Crippen molar-refractivity contribution in [3.05, 3.63) is 70.4 Å². The first kappa shape index (κ1) is 26.3. The number of hydrogen-bond donors (Lipinski definition) is 1. The summed E-state index contributed by atoms with van der Waals surface area (Å²) in [5.41, 5.74) is 0.541. The minimum Gasteiger partial charge on any atom is -0.349 e. The number of likely N-dealkylation sites (tertiary alicyclic amines) is 1. The molecule has 4 heterocycles. The first-order valence-electron chi connectivity index (χ1n) is 12.0. The third-order valence-electron chi connectivity index (χ3n) is 6.02. The van der Waals surface area contributed by atoms with Crippen LogP contribution in [0.25, 0.3) is 17.1 Å². The van der Waals surface area contributed by atoms with Crippen LogP contribution in [-0.4, -0.2) is 61.7 Å². The molecule has 1 amide bonds. The zero-order valence-electron chi connectivity index (χ0n) is 20.2. The molecule has 1 saturated heterocycles. The predicted octanol–water partition coefficient (Wildman–Crippen LogP) is 4.92. The molecular weight excluding hydrogens is 535 g/mol. The van der Waals surface area contributed by atoms with E-state index in [1.807, 2.05) is 0 Å². The minimum atomic E-state index is -4.49. The summed E-state index contributed by atoms with van der Waals surface area (Å²) in [6, 6.07) is 8.49. The molecule has 0 saturated carbocycles. The zero-order valence-corrected chi connectivity index (χ0v) is 21.8. The van der Waals surface area contributed by atoms with Crippen LogP contribution in [0, 0.1) is 0 Å². The van der Waals surface area contributed by atoms with Gasteiger partial charge in [-0.25, -0.2) is 4.98 Å². The van der Waals surface area contributed by atoms with Crippen LogP contribution in [0.1, 0.15) is 33.9 Å². The van der Waals surface area contributed by atoms with Crippen molar-refractivity contribution >= 4 is 29.0 Å². The summed E-state index contributed by atoms with van der Waals surface area (Å²) in [4.78, 5) is 23.3. The van der Waals surface area contributed by atoms with E-state index in [0.717, 1.165) is 31.8 Å². The fraction of sp³-hybridized carbons (Fsp3) is 0.320. The maximum atomic E-state index is 13.4. The van der Waals surface area contributed by atoms with Crippen molar-refractivity contribution in [2.45, 2.75) is 29.9 Å². The first-order chi connectivity index (χ1) is 18.4. The van der Waals surface area contributed by atoms with Crippen LogP contribution in [0.15, 0.2) is 59.3 Å². The number of alkyl halides is 3. The number of amides is 1. The summed E-state index contributed by atoms with van der Waals surface area (Å²) in [5.74, 6) is 0.550. The monoisotopic (exact) mass is 559 g/mol. The number of pyridine rings is 1. The van der Waals surface area contributed by atoms with Crippen LogP contribution in [0.5, 0.6) is 0 Å². The second kappa shape index (κ2) is 11.6. The molecule has 3 aromatic heterocycles. The van der Waals surface area contributed by atoms with Crippen molar-refractivity contribution in [3.8, 4) is 17.1 Å². The van der Waals surface area contributed by atoms with Crippen molar-refractivity contribution in [2.24, 2.45) is 0 Å². The highest BCUT2D eigenvalue weighted by molar-refractivity contribution is 7.98. The van der Waals surface area contributed by atoms with Gasteiger partial charge >= 0.3 is 6.18 Å². The van der Waals surface area contributed by atoms with E-state index in [4.69, 9.17) is 0 Å². The first-order valence-corrected chi connectivity index (χ1v) is 13.9. The van der Waals surface area contributed by atoms with Crippen molar-refractivity contribution in [1.29, 1.82) is 0 Å². The predicted molar refractivity (Wildman–Crippen MR) is 139 cm³/mol. The van der Waals surface area contributed by atoms with Gasteiger partial charge in [0.15, 0.2) is 11.0 Å². The number of carbonyl (C=O) groups is 1. The van der Waals surface area contributed by atoms with Gasteiger partial charge < -0.3 is 10.2 Å². The third-order valence-corrected chi connectivity index (χ3v) is 8.00. The smallest absolute Gasteiger partial charge is 0.349 e. The molecule has 1 aliphatic heterocycles. The van der Waals surface area contributed by atoms with E-state index in [1.165, 1.54) is 42.0 Å². The molecule has 5 rings (SSSR count). The van der Waals surface area contributed by atoms with Gasteiger partial charge in [0.05, 0.1) is 17.0 Å². The van der Waals surface area contributed by atoms with Gasteiger partial charge in [0.1, 0.15) is 10.7 Å². The minimum absolute atomic E-state index is 0.219. The Labute approximate surface area is 225 Å². The van der Waals surface area contributed by atoms with E-state index in [1.54, 1.807) is 40.5 Å². The van der Waals surface area contributed by atoms with Gasteiger partial charge in [-0.3, -0.25) is 14.3 Å². The second-order valence-electron chi connectivity index (χ2n) is 8.65. The van der Waals surface area contributed by atoms with Crippen LogP contribution in [0.3, 0.4) is 0 Å². The molecule has 0 spiro atoms. The summed E-state index contributed by atoms with van der Waals surface area (Å²) in [5, 5.41) is 14.3. The molecular formula is C25H24F3N7OS2. The number of carbonyl (C=O) groups excluding carboxylic acids is 1. The van der Waals surface area contributed by atoms with Crippen LogP contribution >= 0.6 is 23.1 Å². The zero-order chi connectivity index (χ0) is 26.5. The van der Waals surface area contributed by atoms with Crippen LogP contribution in [0.4, 0.5) is 13.2 Å². The van der Waals surface area contributed by atoms with Gasteiger partial charge in [-0.2, -0.15) is 13.2 Å². The normalized spacial score (nSPS) is 14.2. The Bertz CT molecular complexity index is 1390. The van der Waals surface area contributed by atoms with Crippen molar-refractivity contribution in [2.75, 3.05) is 26.2 Å². The van der Waals surface area contributed by atoms with Crippen molar-refractivity contribution in [1.82, 2.24) is 34.9 Å². The molecule has 1 aromatic carbocycles. The van der Waals surface area contributed by atoms with Crippen LogP contribution in [0.2, 0.25) is 0 Å². The van der Waals surface area contributed by atoms with Gasteiger partial charge in [-0.05, 0) is 56.3 Å². The molecule has 8 nitrogen and oxygen atoms in total. The fourth-order valence-corrected chi connectivity index (χ4v) is 5.88. The SMILES string of the molecule is O=C(NCCN1CCCC1)c1csc(CSc2nnc(-c3ccncc3)n2-c2cccc(C(F)(F)F)c2)n1. The molecule has 0 unspecified atom stereocenters. The van der Waals surface area contributed by atoms with Crippen molar-refractivity contribution < 1.29 is 18.0 Å². The number of rotatable bonds is 9. The standard InChI is InChI=1S/C25H24F3N7OS2/c26-25(27,28)18-4-3-5-19(14-18)35-22(17-6-8-29-9-7-17)32-33-24(35)38-16-21-31-20(15-37-21)23(36)30-10-13-34-11-1-2-12-34/h3-9,14-15H,1-2,10-13,16H2,(H,30,36). The molecule has 1 aliphatic rings. The Morgan fingerprint density at radius 3 is 2.66 bits per heavy atom. The highest BCUT2D eigenvalue weighted by Gasteiger charge is 2.31. The Kier molecular flexibility index (Phi) is 8.05. The topological polar surface area (TPSA) is 88.8 Å². The number of benzene rings is 1. The van der Waals surface area contributed by atoms with Gasteiger partial charge in [-0.1, -0.05) is 17.8 Å². The summed E-state index contributed by atoms with van der Waals surface area (Å²) < 4.78 is 41.9. The van der Waals surface area contributed by atoms with Gasteiger partial charge in [-0.15, -0.1) is 21.5 Å². The average molecular weight is 560 g/mol. The molecule has 4 aromatic rings. The largest absolute Gasteiger partial charge is 0.416 e. The molecule has 38 heavy (non-hydrogen) atoms. The van der Waals surface area contributed by atoms with Gasteiger partial charge in [0, 0.05) is 36.4 Å². The van der Waals surface area contributed by atoms with E-state index in [9.17, 15) is 18.0 Å². The number of halogens is 3. The molecule has 1 fully saturated rings. The van der Waals surface area contributed by atoms with E-state index in [-0.39, 0.29) is 11.6 Å². The molecule has 0 atom stereocenters. The van der Waals surface area contributed by atoms with E-state index < -0.39 is 11.7 Å². The number of thiazole rings is 1. The maximum absolute atomic E-state index is 13.4. The summed E-state index contributed by atoms with van der Waals surface area (Å²) in [6.07, 6.45) is 1.08. The summed E-state index contributed by atoms with van der Waals surface area (Å²) in [7, 11) is 0. The lowest BCUT2D eigenvalue weighted by Gasteiger charge is -2.14. The van der Waals surface area contributed by atoms with E-state index in [2.05, 4.69) is 30.4 Å². The van der Waals surface area contributed by atoms with Gasteiger partial charge in [0.25, 0.3) is 5.91 Å². The fourth-order valence-electron chi connectivity index (χ4n) is 4.14. The molecule has 13 heteroatoms. The van der Waals surface area contributed by atoms with Gasteiger partial charge in [0.2, 0.25) is 0 Å².